The molecule has 1 aliphatic heterocycles. The van der Waals surface area contributed by atoms with Crippen LogP contribution in [0.3, 0.4) is 0 Å². The minimum absolute atomic E-state index is 0.00261. The van der Waals surface area contributed by atoms with Gasteiger partial charge in [-0.05, 0) is 56.3 Å². The first kappa shape index (κ1) is 20.0. The minimum Gasteiger partial charge on any atom is -0.465 e. The van der Waals surface area contributed by atoms with Crippen molar-refractivity contribution >= 4 is 38.9 Å². The van der Waals surface area contributed by atoms with Crippen molar-refractivity contribution in [2.45, 2.75) is 42.9 Å². The molecular formula is C19H19ClFN3O4S. The number of nitrogens with one attached hydrogen (secondary N) is 1. The molecule has 154 valence electrons. The normalized spacial score (nSPS) is 18.6. The third-order valence-corrected chi connectivity index (χ3v) is 7.26. The molecule has 2 heterocycles. The second-order valence-corrected chi connectivity index (χ2v) is 9.55. The fraction of sp³-hybridized carbons (Fsp3) is 0.421. The number of aryl methyl sites for hydroxylation is 1. The quantitative estimate of drug-likeness (QED) is 0.563. The Kier molecular flexibility index (Phi) is 4.98. The van der Waals surface area contributed by atoms with Crippen LogP contribution in [0.25, 0.3) is 0 Å². The van der Waals surface area contributed by atoms with Gasteiger partial charge in [-0.25, -0.2) is 17.8 Å². The van der Waals surface area contributed by atoms with E-state index in [0.29, 0.717) is 37.1 Å². The van der Waals surface area contributed by atoms with Gasteiger partial charge in [-0.15, -0.1) is 0 Å². The Balaban J connectivity index is 1.68. The van der Waals surface area contributed by atoms with Gasteiger partial charge in [0.05, 0.1) is 23.5 Å². The lowest BCUT2D eigenvalue weighted by atomic mass is 9.95. The highest BCUT2D eigenvalue weighted by Gasteiger charge is 2.54. The molecule has 0 unspecified atom stereocenters. The third kappa shape index (κ3) is 3.57. The standard InChI is InChI=1S/C19H19ClFN3O4S/c1-2-28-17(25)19(7-8-19)12-6-5-11(10-13(12)21)22-16-15-14(23-18(20)24-16)4-3-9-29(15,26)27/h5-6,10H,2-4,7-9H2,1H3,(H,22,23,24). The van der Waals surface area contributed by atoms with Gasteiger partial charge in [0.2, 0.25) is 5.28 Å². The third-order valence-electron chi connectivity index (χ3n) is 5.21. The van der Waals surface area contributed by atoms with E-state index in [1.807, 2.05) is 0 Å². The van der Waals surface area contributed by atoms with Crippen molar-refractivity contribution in [1.29, 1.82) is 0 Å². The number of halogens is 2. The maximum absolute atomic E-state index is 14.8. The van der Waals surface area contributed by atoms with E-state index in [1.165, 1.54) is 12.1 Å². The SMILES string of the molecule is CCOC(=O)C1(c2ccc(Nc3nc(Cl)nc4c3S(=O)(=O)CCC4)cc2F)CC1. The molecule has 0 atom stereocenters. The second kappa shape index (κ2) is 7.21. The summed E-state index contributed by atoms with van der Waals surface area (Å²) in [5.41, 5.74) is -0.00471. The van der Waals surface area contributed by atoms with Crippen molar-refractivity contribution in [3.8, 4) is 0 Å². The van der Waals surface area contributed by atoms with Crippen LogP contribution in [0.1, 0.15) is 37.4 Å². The van der Waals surface area contributed by atoms with E-state index in [-0.39, 0.29) is 33.9 Å². The number of sulfone groups is 1. The van der Waals surface area contributed by atoms with Gasteiger partial charge < -0.3 is 10.1 Å². The molecule has 0 bridgehead atoms. The fourth-order valence-electron chi connectivity index (χ4n) is 3.67. The number of carbonyl (C=O) groups excluding carboxylic acids is 1. The van der Waals surface area contributed by atoms with Gasteiger partial charge >= 0.3 is 5.97 Å². The molecule has 1 N–H and O–H groups in total. The minimum atomic E-state index is -3.56. The molecule has 29 heavy (non-hydrogen) atoms. The highest BCUT2D eigenvalue weighted by Crippen LogP contribution is 2.50. The van der Waals surface area contributed by atoms with E-state index in [9.17, 15) is 17.6 Å². The smallest absolute Gasteiger partial charge is 0.316 e. The zero-order chi connectivity index (χ0) is 20.8. The summed E-state index contributed by atoms with van der Waals surface area (Å²) < 4.78 is 44.9. The lowest BCUT2D eigenvalue weighted by Crippen LogP contribution is -2.24. The number of fused-ring (bicyclic) bond motifs is 1. The first-order valence-corrected chi connectivity index (χ1v) is 11.3. The van der Waals surface area contributed by atoms with E-state index in [0.717, 1.165) is 0 Å². The number of aromatic nitrogens is 2. The topological polar surface area (TPSA) is 98.2 Å². The zero-order valence-corrected chi connectivity index (χ0v) is 17.2. The number of hydrogen-bond donors (Lipinski definition) is 1. The van der Waals surface area contributed by atoms with Crippen LogP contribution < -0.4 is 5.32 Å². The molecule has 0 spiro atoms. The molecule has 10 heteroatoms. The van der Waals surface area contributed by atoms with Gasteiger partial charge in [-0.1, -0.05) is 6.07 Å². The fourth-order valence-corrected chi connectivity index (χ4v) is 5.49. The largest absolute Gasteiger partial charge is 0.465 e. The van der Waals surface area contributed by atoms with Crippen molar-refractivity contribution in [1.82, 2.24) is 9.97 Å². The van der Waals surface area contributed by atoms with E-state index in [1.54, 1.807) is 13.0 Å². The van der Waals surface area contributed by atoms with Crippen LogP contribution >= 0.6 is 11.6 Å². The van der Waals surface area contributed by atoms with Crippen molar-refractivity contribution in [2.24, 2.45) is 0 Å². The van der Waals surface area contributed by atoms with E-state index in [2.05, 4.69) is 15.3 Å². The summed E-state index contributed by atoms with van der Waals surface area (Å²) in [7, 11) is -3.56. The predicted molar refractivity (Wildman–Crippen MR) is 105 cm³/mol. The van der Waals surface area contributed by atoms with Gasteiger partial charge in [-0.3, -0.25) is 4.79 Å². The Labute approximate surface area is 172 Å². The summed E-state index contributed by atoms with van der Waals surface area (Å²) >= 11 is 5.95. The van der Waals surface area contributed by atoms with Crippen LogP contribution in [-0.4, -0.2) is 36.7 Å². The number of nitrogens with zero attached hydrogens (tertiary/aromatic N) is 2. The summed E-state index contributed by atoms with van der Waals surface area (Å²) in [5, 5.41) is 2.77. The molecule has 7 nitrogen and oxygen atoms in total. The van der Waals surface area contributed by atoms with Crippen LogP contribution in [0.4, 0.5) is 15.9 Å². The number of benzene rings is 1. The lowest BCUT2D eigenvalue weighted by Gasteiger charge is -2.20. The maximum Gasteiger partial charge on any atom is 0.316 e. The van der Waals surface area contributed by atoms with Crippen LogP contribution in [-0.2, 0) is 31.2 Å². The molecule has 1 saturated carbocycles. The van der Waals surface area contributed by atoms with Crippen molar-refractivity contribution < 1.29 is 22.3 Å². The maximum atomic E-state index is 14.8. The monoisotopic (exact) mass is 439 g/mol. The van der Waals surface area contributed by atoms with Crippen LogP contribution in [0.15, 0.2) is 23.1 Å². The number of anilines is 2. The molecule has 4 rings (SSSR count). The Hall–Kier alpha value is -2.26. The summed E-state index contributed by atoms with van der Waals surface area (Å²) in [6, 6.07) is 4.31. The summed E-state index contributed by atoms with van der Waals surface area (Å²) in [6.07, 6.45) is 1.99. The van der Waals surface area contributed by atoms with Gasteiger partial charge in [0, 0.05) is 11.3 Å². The van der Waals surface area contributed by atoms with E-state index < -0.39 is 27.0 Å². The Bertz CT molecular complexity index is 1100. The summed E-state index contributed by atoms with van der Waals surface area (Å²) in [5.74, 6) is -0.979. The van der Waals surface area contributed by atoms with Crippen molar-refractivity contribution in [2.75, 3.05) is 17.7 Å². The van der Waals surface area contributed by atoms with E-state index in [4.69, 9.17) is 16.3 Å². The van der Waals surface area contributed by atoms with Crippen molar-refractivity contribution in [3.05, 3.63) is 40.6 Å². The Morgan fingerprint density at radius 1 is 1.34 bits per heavy atom. The molecule has 1 fully saturated rings. The number of carbonyl (C=O) groups is 1. The highest BCUT2D eigenvalue weighted by atomic mass is 35.5. The molecule has 1 aromatic heterocycles. The average molecular weight is 440 g/mol. The summed E-state index contributed by atoms with van der Waals surface area (Å²) in [6.45, 7) is 1.94. The molecule has 1 aliphatic carbocycles. The van der Waals surface area contributed by atoms with E-state index >= 15 is 0 Å². The zero-order valence-electron chi connectivity index (χ0n) is 15.7. The van der Waals surface area contributed by atoms with Crippen LogP contribution in [0, 0.1) is 5.82 Å². The molecule has 0 radical (unpaired) electrons. The number of rotatable bonds is 5. The molecule has 1 aromatic carbocycles. The first-order chi connectivity index (χ1) is 13.8. The van der Waals surface area contributed by atoms with Crippen molar-refractivity contribution in [3.63, 3.8) is 0 Å². The molecule has 0 saturated heterocycles. The Morgan fingerprint density at radius 3 is 2.76 bits per heavy atom. The lowest BCUT2D eigenvalue weighted by molar-refractivity contribution is -0.146. The number of esters is 1. The van der Waals surface area contributed by atoms with Gasteiger partial charge in [-0.2, -0.15) is 4.98 Å². The van der Waals surface area contributed by atoms with Crippen LogP contribution in [0.2, 0.25) is 5.28 Å². The van der Waals surface area contributed by atoms with Gasteiger partial charge in [0.25, 0.3) is 0 Å². The number of ether oxygens (including phenoxy) is 1. The van der Waals surface area contributed by atoms with Crippen LogP contribution in [0.5, 0.6) is 0 Å². The molecule has 2 aromatic rings. The molecular weight excluding hydrogens is 421 g/mol. The Morgan fingerprint density at radius 2 is 2.10 bits per heavy atom. The highest BCUT2D eigenvalue weighted by molar-refractivity contribution is 7.91. The molecule has 0 amide bonds. The second-order valence-electron chi connectivity index (χ2n) is 7.16. The first-order valence-electron chi connectivity index (χ1n) is 9.30. The number of hydrogen-bond acceptors (Lipinski definition) is 7. The predicted octanol–water partition coefficient (Wildman–Crippen LogP) is 3.33. The average Bonchev–Trinajstić information content (AvgIpc) is 3.42. The summed E-state index contributed by atoms with van der Waals surface area (Å²) in [4.78, 5) is 20.3. The van der Waals surface area contributed by atoms with Gasteiger partial charge in [0.1, 0.15) is 10.7 Å². The molecule has 2 aliphatic rings. The van der Waals surface area contributed by atoms with Gasteiger partial charge in [0.15, 0.2) is 15.7 Å².